The second-order valence-corrected chi connectivity index (χ2v) is 11.8. The van der Waals surface area contributed by atoms with Crippen molar-refractivity contribution in [2.45, 2.75) is 31.3 Å². The van der Waals surface area contributed by atoms with Crippen molar-refractivity contribution < 1.29 is 24.2 Å². The van der Waals surface area contributed by atoms with Crippen LogP contribution >= 0.6 is 11.8 Å². The van der Waals surface area contributed by atoms with Gasteiger partial charge in [-0.2, -0.15) is 21.3 Å². The summed E-state index contributed by atoms with van der Waals surface area (Å²) in [6.45, 7) is 2.70. The zero-order valence-electron chi connectivity index (χ0n) is 24.0. The number of hydrogen-bond donors (Lipinski definition) is 2. The summed E-state index contributed by atoms with van der Waals surface area (Å²) in [6, 6.07) is 6.47. The van der Waals surface area contributed by atoms with E-state index in [0.717, 1.165) is 15.9 Å². The molecule has 4 atom stereocenters. The van der Waals surface area contributed by atoms with Crippen LogP contribution in [0.25, 0.3) is 0 Å². The zero-order chi connectivity index (χ0) is 30.3. The van der Waals surface area contributed by atoms with Gasteiger partial charge in [0, 0.05) is 20.1 Å². The molecule has 0 spiro atoms. The van der Waals surface area contributed by atoms with Crippen LogP contribution in [-0.4, -0.2) is 80.8 Å². The number of carbonyl (C=O) groups excluding carboxylic acids is 2. The number of fused-ring (bicyclic) bond motifs is 2. The summed E-state index contributed by atoms with van der Waals surface area (Å²) in [5.41, 5.74) is -1.69. The quantitative estimate of drug-likeness (QED) is 0.231. The number of carbonyl (C=O) groups is 3. The highest BCUT2D eigenvalue weighted by Gasteiger charge is 2.68. The van der Waals surface area contributed by atoms with Gasteiger partial charge in [0.2, 0.25) is 24.0 Å². The molecule has 4 unspecified atom stereocenters. The number of aromatic nitrogens is 2. The number of hydrogen-bond acceptors (Lipinski definition) is 9. The van der Waals surface area contributed by atoms with Crippen molar-refractivity contribution in [2.24, 2.45) is 30.9 Å². The van der Waals surface area contributed by atoms with E-state index in [-0.39, 0.29) is 37.0 Å². The molecule has 0 bridgehead atoms. The Morgan fingerprint density at radius 3 is 2.52 bits per heavy atom. The third kappa shape index (κ3) is 4.66. The largest absolute Gasteiger partial charge is 0.494 e. The van der Waals surface area contributed by atoms with Crippen LogP contribution in [0.1, 0.15) is 31.4 Å². The molecule has 2 aromatic rings. The van der Waals surface area contributed by atoms with E-state index in [4.69, 9.17) is 4.74 Å². The first-order valence-electron chi connectivity index (χ1n) is 13.9. The lowest BCUT2D eigenvalue weighted by atomic mass is 9.78. The maximum atomic E-state index is 13.9. The fourth-order valence-corrected chi connectivity index (χ4v) is 6.78. The molecule has 1 aromatic heterocycles. The molecule has 5 rings (SSSR count). The van der Waals surface area contributed by atoms with Gasteiger partial charge >= 0.3 is 22.6 Å². The molecule has 42 heavy (non-hydrogen) atoms. The number of imide groups is 1. The summed E-state index contributed by atoms with van der Waals surface area (Å²) in [7, 11) is 2.91. The highest BCUT2D eigenvalue weighted by molar-refractivity contribution is 7.98. The molecule has 0 aliphatic carbocycles. The Labute approximate surface area is 245 Å². The average Bonchev–Trinajstić information content (AvgIpc) is 3.64. The standard InChI is InChI=1S/C28H34N6O7S/c1-5-13-41-17-8-6-16(7-9-17)20-18-19(28(30-20,26(38)39)10-14-42-4)24(36)34(23(18)35)12-11-33-15-29-22-21(33)25(37)32(3)27(40)31(22)2/h6-9,18-20,30H,5,10-15H2,1-4H3/p+1. The van der Waals surface area contributed by atoms with Gasteiger partial charge < -0.3 is 9.84 Å². The van der Waals surface area contributed by atoms with Crippen molar-refractivity contribution in [1.82, 2.24) is 23.9 Å². The molecule has 2 N–H and O–H groups in total. The molecule has 4 heterocycles. The minimum Gasteiger partial charge on any atom is -0.494 e. The molecule has 1 aromatic carbocycles. The van der Waals surface area contributed by atoms with Crippen LogP contribution in [-0.2, 0) is 28.5 Å². The Balaban J connectivity index is 1.50. The van der Waals surface area contributed by atoms with E-state index in [1.807, 2.05) is 13.2 Å². The SMILES string of the molecule is CCCOc1ccc(C2NC(CCSC)(C(=O)O)C3C(=O)N(CC[N+]4=c5c(=O)n(C)c(=O)n(C)c5=NC4)C(=O)C23)cc1. The molecule has 2 saturated heterocycles. The second-order valence-electron chi connectivity index (χ2n) is 10.8. The van der Waals surface area contributed by atoms with Gasteiger partial charge in [-0.05, 0) is 42.5 Å². The molecule has 3 aliphatic heterocycles. The fraction of sp³-hybridized carbons (Fsp3) is 0.536. The van der Waals surface area contributed by atoms with E-state index in [0.29, 0.717) is 23.7 Å². The molecule has 13 nitrogen and oxygen atoms in total. The van der Waals surface area contributed by atoms with Crippen LogP contribution in [0.15, 0.2) is 38.8 Å². The smallest absolute Gasteiger partial charge is 0.332 e. The van der Waals surface area contributed by atoms with Crippen LogP contribution in [0.3, 0.4) is 0 Å². The van der Waals surface area contributed by atoms with E-state index in [1.54, 1.807) is 28.8 Å². The molecule has 14 heteroatoms. The average molecular weight is 600 g/mol. The fourth-order valence-electron chi connectivity index (χ4n) is 6.26. The third-order valence-corrected chi connectivity index (χ3v) is 9.06. The van der Waals surface area contributed by atoms with E-state index >= 15 is 0 Å². The predicted molar refractivity (Wildman–Crippen MR) is 154 cm³/mol. The molecule has 0 saturated carbocycles. The molecule has 3 aliphatic rings. The Morgan fingerprint density at radius 2 is 1.88 bits per heavy atom. The molecular weight excluding hydrogens is 564 g/mol. The van der Waals surface area contributed by atoms with E-state index in [1.165, 1.54) is 30.4 Å². The first kappa shape index (κ1) is 29.7. The Morgan fingerprint density at radius 1 is 1.17 bits per heavy atom. The van der Waals surface area contributed by atoms with Crippen LogP contribution in [0, 0.1) is 11.8 Å². The van der Waals surface area contributed by atoms with Gasteiger partial charge in [0.15, 0.2) is 6.54 Å². The van der Waals surface area contributed by atoms with Crippen LogP contribution in [0.4, 0.5) is 0 Å². The number of amides is 2. The number of aliphatic carboxylic acids is 1. The molecule has 0 radical (unpaired) electrons. The number of rotatable bonds is 11. The number of carboxylic acids is 1. The highest BCUT2D eigenvalue weighted by atomic mass is 32.2. The van der Waals surface area contributed by atoms with Crippen molar-refractivity contribution in [3.05, 3.63) is 61.5 Å². The van der Waals surface area contributed by atoms with Gasteiger partial charge in [0.05, 0.1) is 25.0 Å². The number of nitrogens with zero attached hydrogens (tertiary/aromatic N) is 5. The molecule has 224 valence electrons. The van der Waals surface area contributed by atoms with Gasteiger partial charge in [-0.25, -0.2) is 4.79 Å². The monoisotopic (exact) mass is 599 g/mol. The summed E-state index contributed by atoms with van der Waals surface area (Å²) in [4.78, 5) is 71.4. The van der Waals surface area contributed by atoms with E-state index in [2.05, 4.69) is 10.3 Å². The normalized spacial score (nSPS) is 24.6. The lowest BCUT2D eigenvalue weighted by Crippen LogP contribution is -2.60. The lowest BCUT2D eigenvalue weighted by molar-refractivity contribution is -0.151. The number of thioether (sulfide) groups is 1. The Bertz CT molecular complexity index is 1680. The second kappa shape index (κ2) is 11.5. The third-order valence-electron chi connectivity index (χ3n) is 8.45. The van der Waals surface area contributed by atoms with Crippen LogP contribution < -0.4 is 36.7 Å². The van der Waals surface area contributed by atoms with Crippen LogP contribution in [0.5, 0.6) is 5.75 Å². The van der Waals surface area contributed by atoms with Crippen molar-refractivity contribution in [3.63, 3.8) is 0 Å². The van der Waals surface area contributed by atoms with Crippen molar-refractivity contribution in [1.29, 1.82) is 0 Å². The first-order valence-corrected chi connectivity index (χ1v) is 15.3. The molecular formula is C28H35N6O7S+. The Kier molecular flexibility index (Phi) is 8.12. The van der Waals surface area contributed by atoms with Crippen molar-refractivity contribution in [2.75, 3.05) is 38.4 Å². The number of ether oxygens (including phenoxy) is 1. The predicted octanol–water partition coefficient (Wildman–Crippen LogP) is -1.52. The first-order chi connectivity index (χ1) is 20.1. The van der Waals surface area contributed by atoms with Gasteiger partial charge in [-0.3, -0.25) is 38.5 Å². The molecule has 2 fully saturated rings. The van der Waals surface area contributed by atoms with Crippen molar-refractivity contribution in [3.8, 4) is 5.75 Å². The highest BCUT2D eigenvalue weighted by Crippen LogP contribution is 2.50. The minimum absolute atomic E-state index is 0.0552. The van der Waals surface area contributed by atoms with Gasteiger partial charge in [0.25, 0.3) is 0 Å². The maximum absolute atomic E-state index is 13.9. The summed E-state index contributed by atoms with van der Waals surface area (Å²) < 4.78 is 9.59. The lowest BCUT2D eigenvalue weighted by Gasteiger charge is -2.31. The number of likely N-dealkylation sites (tertiary alicyclic amines) is 1. The topological polar surface area (TPSA) is 155 Å². The van der Waals surface area contributed by atoms with Gasteiger partial charge in [-0.15, -0.1) is 0 Å². The van der Waals surface area contributed by atoms with Gasteiger partial charge in [-0.1, -0.05) is 19.1 Å². The van der Waals surface area contributed by atoms with E-state index < -0.39 is 52.4 Å². The molecule has 2 amide bonds. The summed E-state index contributed by atoms with van der Waals surface area (Å²) in [5.74, 6) is -3.03. The maximum Gasteiger partial charge on any atom is 0.332 e. The summed E-state index contributed by atoms with van der Waals surface area (Å²) >= 11 is 1.47. The number of carboxylic acid groups (broad SMARTS) is 1. The summed E-state index contributed by atoms with van der Waals surface area (Å²) in [5, 5.41) is 13.9. The van der Waals surface area contributed by atoms with Gasteiger partial charge in [0.1, 0.15) is 11.3 Å². The van der Waals surface area contributed by atoms with Crippen molar-refractivity contribution >= 4 is 29.5 Å². The summed E-state index contributed by atoms with van der Waals surface area (Å²) in [6.07, 6.45) is 2.87. The number of nitrogens with one attached hydrogen (secondary N) is 1. The van der Waals surface area contributed by atoms with Crippen LogP contribution in [0.2, 0.25) is 0 Å². The minimum atomic E-state index is -1.62. The Hall–Kier alpha value is -3.78. The zero-order valence-corrected chi connectivity index (χ0v) is 24.8. The van der Waals surface area contributed by atoms with E-state index in [9.17, 15) is 29.1 Å². The number of benzene rings is 1.